The van der Waals surface area contributed by atoms with Crippen molar-refractivity contribution in [2.24, 2.45) is 0 Å². The van der Waals surface area contributed by atoms with Crippen LogP contribution in [-0.2, 0) is 17.8 Å². The molecular formula is C30H21NO9. The van der Waals surface area contributed by atoms with Gasteiger partial charge in [0.2, 0.25) is 11.2 Å². The number of pyridine rings is 1. The lowest BCUT2D eigenvalue weighted by atomic mass is 9.84. The zero-order valence-corrected chi connectivity index (χ0v) is 20.8. The van der Waals surface area contributed by atoms with Crippen molar-refractivity contribution >= 4 is 27.8 Å². The molecule has 200 valence electrons. The first-order valence-electron chi connectivity index (χ1n) is 12.7. The first-order valence-corrected chi connectivity index (χ1v) is 12.7. The maximum Gasteiger partial charge on any atom is 0.312 e. The Labute approximate surface area is 224 Å². The number of ether oxygens (including phenoxy) is 1. The molecule has 4 N–H and O–H groups in total. The molecule has 4 heterocycles. The van der Waals surface area contributed by atoms with E-state index in [9.17, 15) is 34.8 Å². The summed E-state index contributed by atoms with van der Waals surface area (Å²) in [5.74, 6) is -4.29. The number of aromatic nitrogens is 1. The maximum atomic E-state index is 13.9. The number of carbonyl (C=O) groups excluding carboxylic acids is 1. The number of nitrogens with zero attached hydrogens (tertiary/aromatic N) is 1. The lowest BCUT2D eigenvalue weighted by Gasteiger charge is -2.27. The van der Waals surface area contributed by atoms with Gasteiger partial charge in [0, 0.05) is 35.2 Å². The van der Waals surface area contributed by atoms with Crippen LogP contribution in [0.5, 0.6) is 28.7 Å². The van der Waals surface area contributed by atoms with Crippen molar-refractivity contribution < 1.29 is 34.4 Å². The van der Waals surface area contributed by atoms with Gasteiger partial charge in [-0.15, -0.1) is 0 Å². The molecule has 10 heteroatoms. The SMILES string of the molecule is O=C1C[C@H](c2cc3cccc4c3n(c2=O)CCC4)c2c(cc(O)c3c(=O)c(O)c(-c4ccc(O)c(O)c4)oc23)O1. The van der Waals surface area contributed by atoms with Crippen LogP contribution in [0.3, 0.4) is 0 Å². The Morgan fingerprint density at radius 2 is 1.73 bits per heavy atom. The van der Waals surface area contributed by atoms with Gasteiger partial charge in [-0.3, -0.25) is 14.4 Å². The van der Waals surface area contributed by atoms with E-state index in [2.05, 4.69) is 0 Å². The van der Waals surface area contributed by atoms with Crippen molar-refractivity contribution in [2.45, 2.75) is 31.7 Å². The topological polar surface area (TPSA) is 159 Å². The Balaban J connectivity index is 1.56. The molecule has 1 atom stereocenters. The second-order valence-electron chi connectivity index (χ2n) is 10.1. The number of phenols is 3. The van der Waals surface area contributed by atoms with Gasteiger partial charge < -0.3 is 34.1 Å². The fourth-order valence-electron chi connectivity index (χ4n) is 5.94. The summed E-state index contributed by atoms with van der Waals surface area (Å²) in [6.07, 6.45) is 1.41. The highest BCUT2D eigenvalue weighted by Gasteiger charge is 2.36. The van der Waals surface area contributed by atoms with Gasteiger partial charge in [0.05, 0.1) is 11.9 Å². The minimum atomic E-state index is -0.963. The summed E-state index contributed by atoms with van der Waals surface area (Å²) in [5.41, 5.74) is 1.06. The zero-order valence-electron chi connectivity index (χ0n) is 20.8. The molecule has 40 heavy (non-hydrogen) atoms. The van der Waals surface area contributed by atoms with Crippen LogP contribution in [0.15, 0.2) is 62.5 Å². The van der Waals surface area contributed by atoms with Crippen molar-refractivity contribution in [1.82, 2.24) is 4.57 Å². The van der Waals surface area contributed by atoms with Crippen LogP contribution >= 0.6 is 0 Å². The van der Waals surface area contributed by atoms with Crippen LogP contribution in [0.2, 0.25) is 0 Å². The third-order valence-corrected chi connectivity index (χ3v) is 7.73. The molecule has 0 fully saturated rings. The molecule has 0 bridgehead atoms. The average molecular weight is 539 g/mol. The Morgan fingerprint density at radius 3 is 2.52 bits per heavy atom. The van der Waals surface area contributed by atoms with Crippen LogP contribution < -0.4 is 15.7 Å². The van der Waals surface area contributed by atoms with Crippen LogP contribution in [0.1, 0.15) is 35.4 Å². The van der Waals surface area contributed by atoms with Crippen molar-refractivity contribution in [3.63, 3.8) is 0 Å². The van der Waals surface area contributed by atoms with E-state index in [0.717, 1.165) is 47.5 Å². The van der Waals surface area contributed by atoms with Crippen molar-refractivity contribution in [3.8, 4) is 40.1 Å². The number of aromatic hydroxyl groups is 4. The number of para-hydroxylation sites is 1. The number of aryl methyl sites for hydroxylation is 2. The Bertz CT molecular complexity index is 2050. The van der Waals surface area contributed by atoms with E-state index in [1.54, 1.807) is 10.6 Å². The summed E-state index contributed by atoms with van der Waals surface area (Å²) in [4.78, 5) is 39.9. The van der Waals surface area contributed by atoms with Gasteiger partial charge in [-0.25, -0.2) is 0 Å². The van der Waals surface area contributed by atoms with E-state index in [0.29, 0.717) is 12.1 Å². The molecule has 0 unspecified atom stereocenters. The summed E-state index contributed by atoms with van der Waals surface area (Å²) in [6, 6.07) is 12.2. The standard InChI is InChI=1S/C30H21NO9/c32-18-7-6-15(10-19(18)33)28-27(37)26(36)24-20(34)12-21-23(29(24)40-28)16(11-22(35)39-21)17-9-14-4-1-3-13-5-2-8-31(25(13)14)30(17)38/h1,3-4,6-7,9-10,12,16,32-34,37H,2,5,8,11H2/t16-/m1/s1. The molecule has 0 radical (unpaired) electrons. The van der Waals surface area contributed by atoms with Crippen LogP contribution in [-0.4, -0.2) is 31.0 Å². The van der Waals surface area contributed by atoms with Gasteiger partial charge in [0.1, 0.15) is 22.5 Å². The average Bonchev–Trinajstić information content (AvgIpc) is 2.93. The molecule has 7 rings (SSSR count). The fourth-order valence-corrected chi connectivity index (χ4v) is 5.94. The predicted molar refractivity (Wildman–Crippen MR) is 143 cm³/mol. The molecule has 5 aromatic rings. The number of rotatable bonds is 2. The lowest BCUT2D eigenvalue weighted by molar-refractivity contribution is -0.135. The van der Waals surface area contributed by atoms with Crippen LogP contribution in [0.4, 0.5) is 0 Å². The first kappa shape index (κ1) is 23.8. The minimum absolute atomic E-state index is 0.0657. The number of fused-ring (bicyclic) bond motifs is 3. The normalized spacial score (nSPS) is 16.2. The third-order valence-electron chi connectivity index (χ3n) is 7.73. The molecule has 10 nitrogen and oxygen atoms in total. The molecule has 2 aliphatic heterocycles. The molecule has 0 saturated carbocycles. The maximum absolute atomic E-state index is 13.9. The predicted octanol–water partition coefficient (Wildman–Crippen LogP) is 3.98. The number of carbonyl (C=O) groups is 1. The molecular weight excluding hydrogens is 518 g/mol. The smallest absolute Gasteiger partial charge is 0.312 e. The molecule has 0 amide bonds. The minimum Gasteiger partial charge on any atom is -0.507 e. The van der Waals surface area contributed by atoms with E-state index in [1.165, 1.54) is 6.07 Å². The monoisotopic (exact) mass is 539 g/mol. The Morgan fingerprint density at radius 1 is 0.900 bits per heavy atom. The second kappa shape index (κ2) is 8.37. The molecule has 0 aliphatic carbocycles. The molecule has 0 saturated heterocycles. The van der Waals surface area contributed by atoms with E-state index < -0.39 is 40.3 Å². The lowest BCUT2D eigenvalue weighted by Crippen LogP contribution is -2.31. The van der Waals surface area contributed by atoms with Gasteiger partial charge in [-0.2, -0.15) is 0 Å². The number of benzene rings is 3. The van der Waals surface area contributed by atoms with Crippen LogP contribution in [0, 0.1) is 0 Å². The van der Waals surface area contributed by atoms with Gasteiger partial charge in [0.15, 0.2) is 17.3 Å². The summed E-state index contributed by atoms with van der Waals surface area (Å²) in [5, 5.41) is 41.6. The number of hydrogen-bond acceptors (Lipinski definition) is 9. The Hall–Kier alpha value is -5.25. The molecule has 0 spiro atoms. The van der Waals surface area contributed by atoms with E-state index in [-0.39, 0.29) is 45.6 Å². The quantitative estimate of drug-likeness (QED) is 0.148. The largest absolute Gasteiger partial charge is 0.507 e. The molecule has 3 aromatic carbocycles. The number of phenolic OH excluding ortho intramolecular Hbond substituents is 3. The first-order chi connectivity index (χ1) is 19.2. The highest BCUT2D eigenvalue weighted by Crippen LogP contribution is 2.47. The van der Waals surface area contributed by atoms with Gasteiger partial charge in [0.25, 0.3) is 5.56 Å². The number of esters is 1. The third kappa shape index (κ3) is 3.32. The summed E-state index contributed by atoms with van der Waals surface area (Å²) in [7, 11) is 0. The highest BCUT2D eigenvalue weighted by atomic mass is 16.5. The summed E-state index contributed by atoms with van der Waals surface area (Å²) < 4.78 is 13.2. The fraction of sp³-hybridized carbons (Fsp3) is 0.167. The highest BCUT2D eigenvalue weighted by molar-refractivity contribution is 5.95. The van der Waals surface area contributed by atoms with Crippen molar-refractivity contribution in [1.29, 1.82) is 0 Å². The molecule has 2 aliphatic rings. The van der Waals surface area contributed by atoms with Crippen molar-refractivity contribution in [3.05, 3.63) is 85.8 Å². The van der Waals surface area contributed by atoms with E-state index >= 15 is 0 Å². The van der Waals surface area contributed by atoms with Crippen molar-refractivity contribution in [2.75, 3.05) is 0 Å². The van der Waals surface area contributed by atoms with E-state index in [4.69, 9.17) is 9.15 Å². The van der Waals surface area contributed by atoms with E-state index in [1.807, 2.05) is 18.2 Å². The second-order valence-corrected chi connectivity index (χ2v) is 10.1. The molecule has 2 aromatic heterocycles. The summed E-state index contributed by atoms with van der Waals surface area (Å²) >= 11 is 0. The van der Waals surface area contributed by atoms with Crippen LogP contribution in [0.25, 0.3) is 33.2 Å². The summed E-state index contributed by atoms with van der Waals surface area (Å²) in [6.45, 7) is 0.512. The zero-order chi connectivity index (χ0) is 27.9. The van der Waals surface area contributed by atoms with Gasteiger partial charge in [-0.05, 0) is 48.1 Å². The van der Waals surface area contributed by atoms with Gasteiger partial charge >= 0.3 is 5.97 Å². The number of hydrogen-bond donors (Lipinski definition) is 4. The van der Waals surface area contributed by atoms with Gasteiger partial charge in [-0.1, -0.05) is 18.2 Å². The Kier molecular flexibility index (Phi) is 4.99.